The number of nitrogens with one attached hydrogen (secondary N) is 1. The Balaban J connectivity index is 1.66. The molecule has 0 saturated heterocycles. The van der Waals surface area contributed by atoms with Gasteiger partial charge in [-0.15, -0.1) is 0 Å². The van der Waals surface area contributed by atoms with Crippen LogP contribution in [0.2, 0.25) is 0 Å². The molecule has 1 fully saturated rings. The first kappa shape index (κ1) is 30.3. The number of benzene rings is 3. The Morgan fingerprint density at radius 2 is 1.32 bits per heavy atom. The number of nitrogens with zero attached hydrogens (tertiary/aromatic N) is 2. The van der Waals surface area contributed by atoms with Crippen molar-refractivity contribution < 1.29 is 18.0 Å². The van der Waals surface area contributed by atoms with Crippen LogP contribution in [0, 0.1) is 20.8 Å². The molecule has 0 heterocycles. The molecule has 2 amide bonds. The number of hydrogen-bond acceptors (Lipinski definition) is 4. The quantitative estimate of drug-likeness (QED) is 0.337. The average Bonchev–Trinajstić information content (AvgIpc) is 2.96. The van der Waals surface area contributed by atoms with Crippen LogP contribution in [0.15, 0.2) is 77.7 Å². The molecule has 1 aliphatic carbocycles. The Bertz CT molecular complexity index is 1430. The average molecular weight is 576 g/mol. The van der Waals surface area contributed by atoms with Gasteiger partial charge in [0, 0.05) is 12.6 Å². The van der Waals surface area contributed by atoms with Gasteiger partial charge in [0.2, 0.25) is 11.8 Å². The Morgan fingerprint density at radius 1 is 0.805 bits per heavy atom. The van der Waals surface area contributed by atoms with Crippen molar-refractivity contribution in [2.24, 2.45) is 0 Å². The van der Waals surface area contributed by atoms with Crippen LogP contribution >= 0.6 is 0 Å². The van der Waals surface area contributed by atoms with Gasteiger partial charge < -0.3 is 10.2 Å². The highest BCUT2D eigenvalue weighted by Crippen LogP contribution is 2.25. The summed E-state index contributed by atoms with van der Waals surface area (Å²) in [6.07, 6.45) is 5.19. The number of amides is 2. The largest absolute Gasteiger partial charge is 0.352 e. The van der Waals surface area contributed by atoms with Crippen LogP contribution in [0.25, 0.3) is 0 Å². The number of sulfonamides is 1. The minimum absolute atomic E-state index is 0.0981. The van der Waals surface area contributed by atoms with Crippen LogP contribution in [0.5, 0.6) is 0 Å². The molecule has 0 unspecified atom stereocenters. The summed E-state index contributed by atoms with van der Waals surface area (Å²) in [6.45, 7) is 7.26. The second-order valence-corrected chi connectivity index (χ2v) is 13.0. The molecule has 4 rings (SSSR count). The van der Waals surface area contributed by atoms with Gasteiger partial charge in [-0.3, -0.25) is 13.9 Å². The van der Waals surface area contributed by atoms with Crippen LogP contribution in [-0.2, 0) is 26.2 Å². The van der Waals surface area contributed by atoms with E-state index in [1.165, 1.54) is 11.3 Å². The number of rotatable bonds is 10. The van der Waals surface area contributed by atoms with E-state index in [9.17, 15) is 18.0 Å². The minimum Gasteiger partial charge on any atom is -0.352 e. The van der Waals surface area contributed by atoms with E-state index in [0.717, 1.165) is 52.2 Å². The fourth-order valence-electron chi connectivity index (χ4n) is 5.12. The van der Waals surface area contributed by atoms with Crippen LogP contribution in [-0.4, -0.2) is 43.8 Å². The normalized spacial score (nSPS) is 14.7. The molecular weight excluding hydrogens is 534 g/mol. The third-order valence-electron chi connectivity index (χ3n) is 7.80. The fourth-order valence-corrected chi connectivity index (χ4v) is 6.53. The summed E-state index contributed by atoms with van der Waals surface area (Å²) in [6, 6.07) is 20.8. The zero-order valence-electron chi connectivity index (χ0n) is 24.5. The third kappa shape index (κ3) is 7.76. The zero-order chi connectivity index (χ0) is 29.6. The van der Waals surface area contributed by atoms with Crippen molar-refractivity contribution in [1.82, 2.24) is 10.2 Å². The Labute approximate surface area is 244 Å². The Morgan fingerprint density at radius 3 is 1.88 bits per heavy atom. The molecule has 3 aromatic rings. The molecule has 0 bridgehead atoms. The number of aryl methyl sites for hydroxylation is 3. The standard InChI is InChI=1S/C33H41N3O4S/c1-24-10-16-28(17-11-24)22-35(27(4)33(38)34-29-8-6-5-7-9-29)32(37)23-36(30-18-12-25(2)13-19-30)41(39,40)31-20-14-26(3)15-21-31/h10-21,27,29H,5-9,22-23H2,1-4H3,(H,34,38)/t27-/m0/s1. The van der Waals surface area contributed by atoms with Gasteiger partial charge >= 0.3 is 0 Å². The van der Waals surface area contributed by atoms with Crippen molar-refractivity contribution in [2.45, 2.75) is 83.3 Å². The summed E-state index contributed by atoms with van der Waals surface area (Å²) in [4.78, 5) is 29.1. The van der Waals surface area contributed by atoms with E-state index in [-0.39, 0.29) is 23.4 Å². The smallest absolute Gasteiger partial charge is 0.264 e. The predicted molar refractivity (Wildman–Crippen MR) is 163 cm³/mol. The van der Waals surface area contributed by atoms with Crippen molar-refractivity contribution in [3.8, 4) is 0 Å². The van der Waals surface area contributed by atoms with Crippen molar-refractivity contribution in [3.05, 3.63) is 95.1 Å². The van der Waals surface area contributed by atoms with Crippen LogP contribution < -0.4 is 9.62 Å². The lowest BCUT2D eigenvalue weighted by molar-refractivity contribution is -0.139. The van der Waals surface area contributed by atoms with Crippen LogP contribution in [0.4, 0.5) is 5.69 Å². The molecule has 1 atom stereocenters. The molecule has 3 aromatic carbocycles. The summed E-state index contributed by atoms with van der Waals surface area (Å²) in [5.41, 5.74) is 4.25. The molecule has 7 nitrogen and oxygen atoms in total. The first-order valence-corrected chi connectivity index (χ1v) is 15.8. The third-order valence-corrected chi connectivity index (χ3v) is 9.59. The molecule has 0 aliphatic heterocycles. The van der Waals surface area contributed by atoms with Gasteiger partial charge in [0.1, 0.15) is 12.6 Å². The van der Waals surface area contributed by atoms with Gasteiger partial charge in [0.15, 0.2) is 0 Å². The second-order valence-electron chi connectivity index (χ2n) is 11.2. The van der Waals surface area contributed by atoms with E-state index in [1.807, 2.05) is 57.2 Å². The van der Waals surface area contributed by atoms with E-state index in [2.05, 4.69) is 5.32 Å². The molecule has 0 aromatic heterocycles. The maximum absolute atomic E-state index is 14.1. The van der Waals surface area contributed by atoms with Gasteiger partial charge in [0.25, 0.3) is 10.0 Å². The number of carbonyl (C=O) groups excluding carboxylic acids is 2. The van der Waals surface area contributed by atoms with Crippen molar-refractivity contribution in [1.29, 1.82) is 0 Å². The first-order chi connectivity index (χ1) is 19.5. The fraction of sp³-hybridized carbons (Fsp3) is 0.394. The molecule has 41 heavy (non-hydrogen) atoms. The molecule has 1 aliphatic rings. The van der Waals surface area contributed by atoms with E-state index in [0.29, 0.717) is 5.69 Å². The summed E-state index contributed by atoms with van der Waals surface area (Å²) >= 11 is 0. The van der Waals surface area contributed by atoms with Crippen molar-refractivity contribution in [3.63, 3.8) is 0 Å². The zero-order valence-corrected chi connectivity index (χ0v) is 25.3. The monoisotopic (exact) mass is 575 g/mol. The summed E-state index contributed by atoms with van der Waals surface area (Å²) < 4.78 is 29.0. The SMILES string of the molecule is Cc1ccc(CN(C(=O)CN(c2ccc(C)cc2)S(=O)(=O)c2ccc(C)cc2)[C@@H](C)C(=O)NC2CCCCC2)cc1. The van der Waals surface area contributed by atoms with Crippen LogP contribution in [0.3, 0.4) is 0 Å². The molecule has 1 N–H and O–H groups in total. The van der Waals surface area contributed by atoms with Gasteiger partial charge in [-0.1, -0.05) is 84.5 Å². The van der Waals surface area contributed by atoms with Gasteiger partial charge in [0.05, 0.1) is 10.6 Å². The van der Waals surface area contributed by atoms with Crippen molar-refractivity contribution in [2.75, 3.05) is 10.8 Å². The molecule has 1 saturated carbocycles. The summed E-state index contributed by atoms with van der Waals surface area (Å²) in [7, 11) is -4.07. The molecule has 218 valence electrons. The van der Waals surface area contributed by atoms with E-state index < -0.39 is 28.5 Å². The highest BCUT2D eigenvalue weighted by molar-refractivity contribution is 7.92. The Kier molecular flexibility index (Phi) is 9.86. The molecular formula is C33H41N3O4S. The van der Waals surface area contributed by atoms with Gasteiger partial charge in [-0.25, -0.2) is 8.42 Å². The first-order valence-electron chi connectivity index (χ1n) is 14.4. The van der Waals surface area contributed by atoms with E-state index in [4.69, 9.17) is 0 Å². The highest BCUT2D eigenvalue weighted by Gasteiger charge is 2.33. The number of hydrogen-bond donors (Lipinski definition) is 1. The van der Waals surface area contributed by atoms with Gasteiger partial charge in [-0.05, 0) is 70.4 Å². The maximum atomic E-state index is 14.1. The molecule has 0 radical (unpaired) electrons. The molecule has 8 heteroatoms. The summed E-state index contributed by atoms with van der Waals surface area (Å²) in [5.74, 6) is -0.672. The van der Waals surface area contributed by atoms with Crippen molar-refractivity contribution >= 4 is 27.5 Å². The lowest BCUT2D eigenvalue weighted by Gasteiger charge is -2.33. The Hall–Kier alpha value is -3.65. The minimum atomic E-state index is -4.07. The maximum Gasteiger partial charge on any atom is 0.264 e. The lowest BCUT2D eigenvalue weighted by Crippen LogP contribution is -2.53. The van der Waals surface area contributed by atoms with Gasteiger partial charge in [-0.2, -0.15) is 0 Å². The van der Waals surface area contributed by atoms with Crippen LogP contribution in [0.1, 0.15) is 61.3 Å². The number of anilines is 1. The number of carbonyl (C=O) groups is 2. The lowest BCUT2D eigenvalue weighted by atomic mass is 9.95. The molecule has 0 spiro atoms. The van der Waals surface area contributed by atoms with E-state index >= 15 is 0 Å². The van der Waals surface area contributed by atoms with E-state index in [1.54, 1.807) is 43.3 Å². The second kappa shape index (κ2) is 13.3. The predicted octanol–water partition coefficient (Wildman–Crippen LogP) is 5.67. The topological polar surface area (TPSA) is 86.8 Å². The summed E-state index contributed by atoms with van der Waals surface area (Å²) in [5, 5.41) is 3.14. The highest BCUT2D eigenvalue weighted by atomic mass is 32.2.